The van der Waals surface area contributed by atoms with Crippen LogP contribution in [0.1, 0.15) is 29.8 Å². The summed E-state index contributed by atoms with van der Waals surface area (Å²) in [5.41, 5.74) is 1.34. The van der Waals surface area contributed by atoms with Crippen LogP contribution in [0.3, 0.4) is 0 Å². The lowest BCUT2D eigenvalue weighted by molar-refractivity contribution is -0.123. The van der Waals surface area contributed by atoms with E-state index in [1.807, 2.05) is 0 Å². The van der Waals surface area contributed by atoms with E-state index in [0.29, 0.717) is 17.7 Å². The lowest BCUT2D eigenvalue weighted by Crippen LogP contribution is -2.34. The number of ether oxygens (including phenoxy) is 2. The van der Waals surface area contributed by atoms with Crippen LogP contribution in [0, 0.1) is 0 Å². The van der Waals surface area contributed by atoms with Crippen molar-refractivity contribution in [2.75, 3.05) is 15.9 Å². The maximum atomic E-state index is 12.5. The Morgan fingerprint density at radius 3 is 2.53 bits per heavy atom. The van der Waals surface area contributed by atoms with E-state index in [-0.39, 0.29) is 23.0 Å². The Morgan fingerprint density at radius 1 is 1.19 bits per heavy atom. The first-order chi connectivity index (χ1) is 15.0. The van der Waals surface area contributed by atoms with Gasteiger partial charge in [0.05, 0.1) is 23.2 Å². The number of nitrogens with zero attached hydrogens (tertiary/aromatic N) is 1. The van der Waals surface area contributed by atoms with Gasteiger partial charge in [0, 0.05) is 6.04 Å². The average Bonchev–Trinajstić information content (AvgIpc) is 3.04. The van der Waals surface area contributed by atoms with Gasteiger partial charge in [0.15, 0.2) is 6.10 Å². The second-order valence-corrected chi connectivity index (χ2v) is 9.23. The van der Waals surface area contributed by atoms with E-state index in [1.165, 1.54) is 53.7 Å². The number of halogens is 2. The van der Waals surface area contributed by atoms with Gasteiger partial charge in [-0.25, -0.2) is 13.2 Å². The zero-order valence-corrected chi connectivity index (χ0v) is 18.4. The molecule has 0 spiro atoms. The number of esters is 1. The monoisotopic (exact) mass is 468 g/mol. The molecule has 8 nitrogen and oxygen atoms in total. The lowest BCUT2D eigenvalue weighted by Gasteiger charge is -2.22. The predicted octanol–water partition coefficient (Wildman–Crippen LogP) is 3.18. The first-order valence-corrected chi connectivity index (χ1v) is 11.5. The van der Waals surface area contributed by atoms with E-state index < -0.39 is 34.6 Å². The molecule has 0 aliphatic carbocycles. The minimum atomic E-state index is -3.46. The van der Waals surface area contributed by atoms with Crippen LogP contribution < -0.4 is 14.4 Å². The topological polar surface area (TPSA) is 102 Å². The molecule has 2 unspecified atom stereocenters. The zero-order valence-electron chi connectivity index (χ0n) is 17.5. The summed E-state index contributed by atoms with van der Waals surface area (Å²) < 4.78 is 59.9. The minimum absolute atomic E-state index is 0.00748. The Labute approximate surface area is 184 Å². The molecule has 3 rings (SSSR count). The van der Waals surface area contributed by atoms with Crippen LogP contribution >= 0.6 is 0 Å². The van der Waals surface area contributed by atoms with Crippen molar-refractivity contribution in [1.29, 1.82) is 0 Å². The van der Waals surface area contributed by atoms with Crippen LogP contribution in [0.4, 0.5) is 20.2 Å². The highest BCUT2D eigenvalue weighted by atomic mass is 32.2. The molecule has 1 heterocycles. The quantitative estimate of drug-likeness (QED) is 0.627. The molecule has 2 aromatic carbocycles. The molecule has 2 aromatic rings. The van der Waals surface area contributed by atoms with Crippen molar-refractivity contribution in [3.05, 3.63) is 53.6 Å². The largest absolute Gasteiger partial charge is 0.449 e. The number of sulfonamides is 1. The first-order valence-electron chi connectivity index (χ1n) is 9.65. The minimum Gasteiger partial charge on any atom is -0.449 e. The molecule has 11 heteroatoms. The molecule has 172 valence electrons. The first kappa shape index (κ1) is 23.5. The molecule has 32 heavy (non-hydrogen) atoms. The number of amides is 1. The summed E-state index contributed by atoms with van der Waals surface area (Å²) in [6.45, 7) is 0.0375. The second-order valence-electron chi connectivity index (χ2n) is 7.37. The van der Waals surface area contributed by atoms with Crippen LogP contribution in [0.5, 0.6) is 5.75 Å². The number of para-hydroxylation sites is 2. The standard InChI is InChI=1S/C21H22F2N2O6S/c1-12-10-15-11-14(8-9-17(15)25(12)32(3,28)29)20(27)30-13(2)19(26)24-16-6-4-5-7-18(16)31-21(22)23/h4-9,11-13,21H,10H2,1-3H3,(H,24,26). The molecule has 0 saturated heterocycles. The van der Waals surface area contributed by atoms with Crippen molar-refractivity contribution >= 4 is 33.3 Å². The number of nitrogens with one attached hydrogen (secondary N) is 1. The van der Waals surface area contributed by atoms with Gasteiger partial charge in [0.25, 0.3) is 5.91 Å². The summed E-state index contributed by atoms with van der Waals surface area (Å²) in [6.07, 6.45) is 0.313. The number of alkyl halides is 2. The van der Waals surface area contributed by atoms with Crippen molar-refractivity contribution in [2.45, 2.75) is 39.0 Å². The van der Waals surface area contributed by atoms with E-state index in [1.54, 1.807) is 6.92 Å². The third kappa shape index (κ3) is 5.16. The second kappa shape index (κ2) is 9.11. The highest BCUT2D eigenvalue weighted by molar-refractivity contribution is 7.92. The van der Waals surface area contributed by atoms with Gasteiger partial charge in [-0.2, -0.15) is 8.78 Å². The molecule has 0 bridgehead atoms. The van der Waals surface area contributed by atoms with Gasteiger partial charge >= 0.3 is 12.6 Å². The average molecular weight is 468 g/mol. The fraction of sp³-hybridized carbons (Fsp3) is 0.333. The maximum absolute atomic E-state index is 12.5. The molecule has 1 aliphatic heterocycles. The number of carbonyl (C=O) groups is 2. The van der Waals surface area contributed by atoms with E-state index in [0.717, 1.165) is 6.26 Å². The van der Waals surface area contributed by atoms with Gasteiger partial charge in [0.2, 0.25) is 10.0 Å². The van der Waals surface area contributed by atoms with Gasteiger partial charge in [-0.1, -0.05) is 12.1 Å². The number of anilines is 2. The van der Waals surface area contributed by atoms with Crippen LogP contribution in [0.25, 0.3) is 0 Å². The fourth-order valence-corrected chi connectivity index (χ4v) is 4.78. The zero-order chi connectivity index (χ0) is 23.6. The third-order valence-electron chi connectivity index (χ3n) is 4.84. The Balaban J connectivity index is 1.69. The highest BCUT2D eigenvalue weighted by Crippen LogP contribution is 2.35. The molecule has 1 aliphatic rings. The Bertz CT molecular complexity index is 1140. The number of rotatable bonds is 7. The van der Waals surface area contributed by atoms with Crippen molar-refractivity contribution in [2.24, 2.45) is 0 Å². The number of carbonyl (C=O) groups excluding carboxylic acids is 2. The van der Waals surface area contributed by atoms with Gasteiger partial charge in [-0.05, 0) is 56.2 Å². The third-order valence-corrected chi connectivity index (χ3v) is 6.11. The summed E-state index contributed by atoms with van der Waals surface area (Å²) in [5.74, 6) is -1.74. The molecule has 1 amide bonds. The Morgan fingerprint density at radius 2 is 1.88 bits per heavy atom. The normalized spacial score (nSPS) is 16.4. The summed E-state index contributed by atoms with van der Waals surface area (Å²) in [5, 5.41) is 2.39. The van der Waals surface area contributed by atoms with Crippen molar-refractivity contribution in [1.82, 2.24) is 0 Å². The number of fused-ring (bicyclic) bond motifs is 1. The summed E-state index contributed by atoms with van der Waals surface area (Å²) in [7, 11) is -3.46. The summed E-state index contributed by atoms with van der Waals surface area (Å²) in [6, 6.07) is 9.84. The molecule has 2 atom stereocenters. The lowest BCUT2D eigenvalue weighted by atomic mass is 10.1. The van der Waals surface area contributed by atoms with Crippen molar-refractivity contribution in [3.63, 3.8) is 0 Å². The molecule has 1 N–H and O–H groups in total. The molecule has 0 aromatic heterocycles. The van der Waals surface area contributed by atoms with E-state index in [2.05, 4.69) is 10.1 Å². The summed E-state index contributed by atoms with van der Waals surface area (Å²) >= 11 is 0. The fourth-order valence-electron chi connectivity index (χ4n) is 3.52. The van der Waals surface area contributed by atoms with Crippen LogP contribution in [0.15, 0.2) is 42.5 Å². The number of benzene rings is 2. The molecule has 0 saturated carbocycles. The Hall–Kier alpha value is -3.21. The van der Waals surface area contributed by atoms with E-state index in [9.17, 15) is 26.8 Å². The highest BCUT2D eigenvalue weighted by Gasteiger charge is 2.33. The van der Waals surface area contributed by atoms with Gasteiger partial charge in [-0.15, -0.1) is 0 Å². The Kier molecular flexibility index (Phi) is 6.68. The van der Waals surface area contributed by atoms with Crippen LogP contribution in [-0.2, 0) is 26.0 Å². The SMILES string of the molecule is CC(OC(=O)c1ccc2c(c1)CC(C)N2S(C)(=O)=O)C(=O)Nc1ccccc1OC(F)F. The van der Waals surface area contributed by atoms with Crippen molar-refractivity contribution < 1.29 is 36.3 Å². The molecule has 0 radical (unpaired) electrons. The predicted molar refractivity (Wildman–Crippen MR) is 114 cm³/mol. The van der Waals surface area contributed by atoms with Crippen molar-refractivity contribution in [3.8, 4) is 5.75 Å². The smallest absolute Gasteiger partial charge is 0.387 e. The summed E-state index contributed by atoms with van der Waals surface area (Å²) in [4.78, 5) is 24.9. The van der Waals surface area contributed by atoms with Gasteiger partial charge < -0.3 is 14.8 Å². The number of hydrogen-bond donors (Lipinski definition) is 1. The van der Waals surface area contributed by atoms with Gasteiger partial charge in [-0.3, -0.25) is 9.10 Å². The van der Waals surface area contributed by atoms with Crippen LogP contribution in [-0.4, -0.2) is 45.3 Å². The van der Waals surface area contributed by atoms with E-state index in [4.69, 9.17) is 4.74 Å². The van der Waals surface area contributed by atoms with Crippen LogP contribution in [0.2, 0.25) is 0 Å². The number of hydrogen-bond acceptors (Lipinski definition) is 6. The molecular formula is C21H22F2N2O6S. The van der Waals surface area contributed by atoms with E-state index >= 15 is 0 Å². The molecular weight excluding hydrogens is 446 g/mol. The van der Waals surface area contributed by atoms with Gasteiger partial charge in [0.1, 0.15) is 5.75 Å². The maximum Gasteiger partial charge on any atom is 0.387 e. The molecule has 0 fully saturated rings.